The van der Waals surface area contributed by atoms with Gasteiger partial charge in [-0.15, -0.1) is 0 Å². The summed E-state index contributed by atoms with van der Waals surface area (Å²) < 4.78 is 33.2. The molecule has 1 fully saturated rings. The first-order valence-corrected chi connectivity index (χ1v) is 9.83. The van der Waals surface area contributed by atoms with Gasteiger partial charge < -0.3 is 10.5 Å². The fourth-order valence-electron chi connectivity index (χ4n) is 2.43. The zero-order valence-electron chi connectivity index (χ0n) is 14.2. The first-order chi connectivity index (χ1) is 13.0. The number of nitrogens with zero attached hydrogens (tertiary/aromatic N) is 3. The number of pyridine rings is 1. The molecule has 1 aliphatic carbocycles. The average molecular weight is 383 g/mol. The highest BCUT2D eigenvalue weighted by atomic mass is 32.2. The van der Waals surface area contributed by atoms with Crippen LogP contribution in [0, 0.1) is 0 Å². The van der Waals surface area contributed by atoms with Crippen LogP contribution in [0.2, 0.25) is 0 Å². The zero-order chi connectivity index (χ0) is 18.9. The fraction of sp³-hybridized carbons (Fsp3) is 0.167. The van der Waals surface area contributed by atoms with E-state index >= 15 is 0 Å². The van der Waals surface area contributed by atoms with E-state index in [1.807, 2.05) is 0 Å². The van der Waals surface area contributed by atoms with E-state index < -0.39 is 10.0 Å². The van der Waals surface area contributed by atoms with Gasteiger partial charge in [0.05, 0.1) is 23.0 Å². The molecular formula is C18H17N5O3S. The maximum absolute atomic E-state index is 12.4. The number of sulfonamides is 1. The minimum absolute atomic E-state index is 0.0365. The number of benzene rings is 1. The lowest BCUT2D eigenvalue weighted by molar-refractivity contribution is 0.462. The van der Waals surface area contributed by atoms with E-state index in [9.17, 15) is 8.42 Å². The molecule has 0 atom stereocenters. The Balaban J connectivity index is 1.65. The second-order valence-electron chi connectivity index (χ2n) is 6.16. The highest BCUT2D eigenvalue weighted by Crippen LogP contribution is 2.28. The van der Waals surface area contributed by atoms with Crippen molar-refractivity contribution < 1.29 is 13.2 Å². The molecule has 4 rings (SSSR count). The summed E-state index contributed by atoms with van der Waals surface area (Å²) in [6, 6.07) is 10.0. The molecule has 0 aliphatic heterocycles. The van der Waals surface area contributed by atoms with Crippen molar-refractivity contribution in [2.45, 2.75) is 23.8 Å². The van der Waals surface area contributed by atoms with Gasteiger partial charge in [-0.3, -0.25) is 4.98 Å². The molecule has 0 amide bonds. The molecule has 1 aliphatic rings. The maximum atomic E-state index is 12.4. The molecule has 9 heteroatoms. The number of rotatable bonds is 6. The zero-order valence-corrected chi connectivity index (χ0v) is 15.1. The van der Waals surface area contributed by atoms with Crippen LogP contribution >= 0.6 is 0 Å². The number of hydrogen-bond donors (Lipinski definition) is 2. The summed E-state index contributed by atoms with van der Waals surface area (Å²) in [5.74, 6) is 0.729. The predicted molar refractivity (Wildman–Crippen MR) is 99.5 cm³/mol. The lowest BCUT2D eigenvalue weighted by Crippen LogP contribution is -2.25. The lowest BCUT2D eigenvalue weighted by Gasteiger charge is -2.10. The van der Waals surface area contributed by atoms with Gasteiger partial charge in [-0.05, 0) is 37.1 Å². The topological polar surface area (TPSA) is 120 Å². The maximum Gasteiger partial charge on any atom is 0.263 e. The third-order valence-corrected chi connectivity index (χ3v) is 5.47. The van der Waals surface area contributed by atoms with Gasteiger partial charge in [-0.25, -0.2) is 23.1 Å². The summed E-state index contributed by atoms with van der Waals surface area (Å²) >= 11 is 0. The molecule has 1 aromatic carbocycles. The molecule has 27 heavy (non-hydrogen) atoms. The van der Waals surface area contributed by atoms with Crippen LogP contribution in [0.4, 0.5) is 5.82 Å². The van der Waals surface area contributed by atoms with Crippen molar-refractivity contribution in [2.24, 2.45) is 0 Å². The molecule has 0 radical (unpaired) electrons. The Bertz CT molecular complexity index is 1070. The highest BCUT2D eigenvalue weighted by Gasteiger charge is 2.28. The van der Waals surface area contributed by atoms with Crippen molar-refractivity contribution in [1.82, 2.24) is 19.7 Å². The van der Waals surface area contributed by atoms with Crippen molar-refractivity contribution in [3.05, 3.63) is 55.0 Å². The second-order valence-corrected chi connectivity index (χ2v) is 7.87. The van der Waals surface area contributed by atoms with Gasteiger partial charge in [0.25, 0.3) is 5.88 Å². The number of hydrogen-bond acceptors (Lipinski definition) is 7. The summed E-state index contributed by atoms with van der Waals surface area (Å²) in [5.41, 5.74) is 6.90. The molecule has 8 nitrogen and oxygen atoms in total. The quantitative estimate of drug-likeness (QED) is 0.670. The Hall–Kier alpha value is -3.04. The van der Waals surface area contributed by atoms with Crippen LogP contribution in [-0.2, 0) is 10.0 Å². The molecule has 3 N–H and O–H groups in total. The molecule has 0 unspecified atom stereocenters. The van der Waals surface area contributed by atoms with Crippen molar-refractivity contribution in [3.8, 4) is 22.9 Å². The van der Waals surface area contributed by atoms with Crippen LogP contribution in [0.5, 0.6) is 11.6 Å². The Morgan fingerprint density at radius 1 is 1.15 bits per heavy atom. The lowest BCUT2D eigenvalue weighted by atomic mass is 10.2. The molecular weight excluding hydrogens is 366 g/mol. The Morgan fingerprint density at radius 2 is 2.00 bits per heavy atom. The first-order valence-electron chi connectivity index (χ1n) is 8.34. The molecule has 0 saturated heterocycles. The normalized spacial score (nSPS) is 14.1. The van der Waals surface area contributed by atoms with Crippen molar-refractivity contribution in [1.29, 1.82) is 0 Å². The smallest absolute Gasteiger partial charge is 0.263 e. The van der Waals surface area contributed by atoms with Crippen LogP contribution in [-0.4, -0.2) is 29.4 Å². The largest absolute Gasteiger partial charge is 0.434 e. The Kier molecular flexibility index (Phi) is 4.46. The first kappa shape index (κ1) is 17.4. The third-order valence-electron chi connectivity index (χ3n) is 3.96. The van der Waals surface area contributed by atoms with Gasteiger partial charge in [-0.1, -0.05) is 12.1 Å². The van der Waals surface area contributed by atoms with E-state index in [4.69, 9.17) is 10.5 Å². The van der Waals surface area contributed by atoms with Crippen LogP contribution in [0.25, 0.3) is 11.3 Å². The van der Waals surface area contributed by atoms with E-state index in [2.05, 4.69) is 19.7 Å². The Morgan fingerprint density at radius 3 is 2.74 bits per heavy atom. The average Bonchev–Trinajstić information content (AvgIpc) is 3.48. The molecule has 2 aromatic heterocycles. The summed E-state index contributed by atoms with van der Waals surface area (Å²) in [6.45, 7) is 0. The van der Waals surface area contributed by atoms with Crippen LogP contribution < -0.4 is 15.2 Å². The predicted octanol–water partition coefficient (Wildman–Crippen LogP) is 2.35. The van der Waals surface area contributed by atoms with Gasteiger partial charge in [0.1, 0.15) is 5.75 Å². The molecule has 138 valence electrons. The molecule has 2 heterocycles. The number of nitrogens with one attached hydrogen (secondary N) is 1. The van der Waals surface area contributed by atoms with E-state index in [0.29, 0.717) is 17.0 Å². The minimum atomic E-state index is -3.56. The summed E-state index contributed by atoms with van der Waals surface area (Å²) in [4.78, 5) is 12.6. The minimum Gasteiger partial charge on any atom is -0.434 e. The second kappa shape index (κ2) is 6.93. The molecule has 0 spiro atoms. The van der Waals surface area contributed by atoms with Crippen LogP contribution in [0.15, 0.2) is 59.9 Å². The SMILES string of the molecule is Nc1ncc(-c2cccc(S(=O)(=O)NC3CC3)c2)nc1Oc1cccnc1. The van der Waals surface area contributed by atoms with Crippen LogP contribution in [0.1, 0.15) is 12.8 Å². The number of nitrogen functional groups attached to an aromatic ring is 1. The number of nitrogens with two attached hydrogens (primary N) is 1. The fourth-order valence-corrected chi connectivity index (χ4v) is 3.78. The van der Waals surface area contributed by atoms with Gasteiger partial charge in [0.2, 0.25) is 10.0 Å². The van der Waals surface area contributed by atoms with Crippen LogP contribution in [0.3, 0.4) is 0 Å². The van der Waals surface area contributed by atoms with Crippen molar-refractivity contribution in [2.75, 3.05) is 5.73 Å². The summed E-state index contributed by atoms with van der Waals surface area (Å²) in [7, 11) is -3.56. The number of aromatic nitrogens is 3. The highest BCUT2D eigenvalue weighted by molar-refractivity contribution is 7.89. The molecule has 0 bridgehead atoms. The third kappa shape index (κ3) is 4.04. The van der Waals surface area contributed by atoms with E-state index in [0.717, 1.165) is 12.8 Å². The summed E-state index contributed by atoms with van der Waals surface area (Å²) in [5, 5.41) is 0. The molecule has 1 saturated carbocycles. The van der Waals surface area contributed by atoms with Gasteiger partial charge in [0.15, 0.2) is 5.82 Å². The number of ether oxygens (including phenoxy) is 1. The van der Waals surface area contributed by atoms with E-state index in [1.54, 1.807) is 42.6 Å². The van der Waals surface area contributed by atoms with Gasteiger partial charge in [0, 0.05) is 17.8 Å². The van der Waals surface area contributed by atoms with Gasteiger partial charge in [-0.2, -0.15) is 0 Å². The standard InChI is InChI=1S/C18H17N5O3S/c19-17-18(26-14-4-2-8-20-10-14)22-16(11-21-17)12-3-1-5-15(9-12)27(24,25)23-13-6-7-13/h1-5,8-11,13,23H,6-7H2,(H2,19,21). The van der Waals surface area contributed by atoms with Crippen molar-refractivity contribution >= 4 is 15.8 Å². The van der Waals surface area contributed by atoms with E-state index in [-0.39, 0.29) is 22.6 Å². The van der Waals surface area contributed by atoms with Crippen molar-refractivity contribution in [3.63, 3.8) is 0 Å². The van der Waals surface area contributed by atoms with Gasteiger partial charge >= 0.3 is 0 Å². The monoisotopic (exact) mass is 383 g/mol. The van der Waals surface area contributed by atoms with E-state index in [1.165, 1.54) is 12.4 Å². The molecule has 3 aromatic rings. The Labute approximate surface area is 156 Å². The summed E-state index contributed by atoms with van der Waals surface area (Å²) in [6.07, 6.45) is 6.38. The number of anilines is 1.